The van der Waals surface area contributed by atoms with E-state index in [9.17, 15) is 9.59 Å². The van der Waals surface area contributed by atoms with Gasteiger partial charge < -0.3 is 14.5 Å². The van der Waals surface area contributed by atoms with Crippen molar-refractivity contribution in [2.75, 3.05) is 18.0 Å². The molecule has 2 saturated carbocycles. The van der Waals surface area contributed by atoms with Crippen LogP contribution in [0.3, 0.4) is 0 Å². The van der Waals surface area contributed by atoms with Crippen LogP contribution in [0.5, 0.6) is 0 Å². The van der Waals surface area contributed by atoms with E-state index in [1.165, 1.54) is 57.8 Å². The third kappa shape index (κ3) is 6.33. The summed E-state index contributed by atoms with van der Waals surface area (Å²) in [7, 11) is 0. The van der Waals surface area contributed by atoms with Crippen molar-refractivity contribution in [3.05, 3.63) is 30.3 Å². The molecule has 226 valence electrons. The highest BCUT2D eigenvalue weighted by molar-refractivity contribution is 5.88. The maximum Gasteiger partial charge on any atom is 0.329 e. The number of hydrogen-bond donors (Lipinski definition) is 0. The number of anilines is 1. The van der Waals surface area contributed by atoms with Crippen molar-refractivity contribution in [3.8, 4) is 0 Å². The fourth-order valence-corrected chi connectivity index (χ4v) is 9.19. The molecule has 3 saturated heterocycles. The molecule has 5 fully saturated rings. The molecular weight excluding hydrogens is 510 g/mol. The van der Waals surface area contributed by atoms with E-state index in [0.717, 1.165) is 49.2 Å². The van der Waals surface area contributed by atoms with Gasteiger partial charge in [0.25, 0.3) is 0 Å². The van der Waals surface area contributed by atoms with Gasteiger partial charge in [0.2, 0.25) is 5.91 Å². The number of para-hydroxylation sites is 1. The quantitative estimate of drug-likeness (QED) is 0.335. The highest BCUT2D eigenvalue weighted by Gasteiger charge is 2.46. The summed E-state index contributed by atoms with van der Waals surface area (Å²) < 4.78 is 5.85. The van der Waals surface area contributed by atoms with Crippen LogP contribution in [-0.4, -0.2) is 70.6 Å². The number of carbonyl (C=O) groups excluding carboxylic acids is 2. The molecule has 6 nitrogen and oxygen atoms in total. The lowest BCUT2D eigenvalue weighted by atomic mass is 9.68. The van der Waals surface area contributed by atoms with Gasteiger partial charge in [0, 0.05) is 36.4 Å². The number of hydrogen-bond acceptors (Lipinski definition) is 5. The first kappa shape index (κ1) is 29.0. The molecule has 2 aliphatic carbocycles. The number of benzene rings is 1. The summed E-state index contributed by atoms with van der Waals surface area (Å²) in [6.07, 6.45) is 17.2. The molecule has 6 rings (SSSR count). The standard InChI is InChI=1S/C35H53N3O3/c1-4-35(2,3)41-34(40)32-17-10-18-36(32)33(39)24-37(27-13-6-5-7-14-27)30-22-28-15-9-16-29(23-30)38(28)31-20-25-11-8-12-26(19-25)21-31/h5-7,13-14,25-26,28-32H,4,8-12,15-24H2,1-3H3/t25-,26+,28-,29+,30+,31+,32-/m0/s1. The van der Waals surface area contributed by atoms with Crippen LogP contribution in [0.2, 0.25) is 0 Å². The number of nitrogens with zero attached hydrogens (tertiary/aromatic N) is 3. The second-order valence-corrected chi connectivity index (χ2v) is 14.6. The fraction of sp³-hybridized carbons (Fsp3) is 0.771. The molecule has 41 heavy (non-hydrogen) atoms. The summed E-state index contributed by atoms with van der Waals surface area (Å²) in [5.41, 5.74) is 0.628. The molecule has 7 atom stereocenters. The van der Waals surface area contributed by atoms with Crippen molar-refractivity contribution in [3.63, 3.8) is 0 Å². The minimum Gasteiger partial charge on any atom is -0.458 e. The molecule has 1 amide bonds. The molecule has 1 aromatic rings. The molecule has 0 aromatic heterocycles. The fourth-order valence-electron chi connectivity index (χ4n) is 9.19. The summed E-state index contributed by atoms with van der Waals surface area (Å²) >= 11 is 0. The topological polar surface area (TPSA) is 53.1 Å². The van der Waals surface area contributed by atoms with Gasteiger partial charge in [-0.2, -0.15) is 0 Å². The van der Waals surface area contributed by atoms with E-state index in [1.807, 2.05) is 25.7 Å². The first-order valence-electron chi connectivity index (χ1n) is 16.9. The van der Waals surface area contributed by atoms with E-state index in [4.69, 9.17) is 4.74 Å². The molecule has 0 radical (unpaired) electrons. The van der Waals surface area contributed by atoms with Gasteiger partial charge in [-0.1, -0.05) is 50.8 Å². The predicted molar refractivity (Wildman–Crippen MR) is 164 cm³/mol. The normalized spacial score (nSPS) is 33.8. The van der Waals surface area contributed by atoms with Crippen LogP contribution in [-0.2, 0) is 14.3 Å². The van der Waals surface area contributed by atoms with Crippen LogP contribution in [0.4, 0.5) is 5.69 Å². The van der Waals surface area contributed by atoms with Gasteiger partial charge in [0.15, 0.2) is 0 Å². The molecule has 4 bridgehead atoms. The third-order valence-electron chi connectivity index (χ3n) is 11.4. The minimum absolute atomic E-state index is 0.0651. The van der Waals surface area contributed by atoms with Crippen molar-refractivity contribution >= 4 is 17.6 Å². The number of likely N-dealkylation sites (tertiary alicyclic amines) is 1. The Kier molecular flexibility index (Phi) is 8.68. The van der Waals surface area contributed by atoms with Crippen LogP contribution in [0.1, 0.15) is 111 Å². The number of piperidine rings is 2. The Morgan fingerprint density at radius 2 is 1.51 bits per heavy atom. The van der Waals surface area contributed by atoms with E-state index in [-0.39, 0.29) is 11.9 Å². The first-order chi connectivity index (χ1) is 19.8. The van der Waals surface area contributed by atoms with E-state index in [0.29, 0.717) is 37.6 Å². The average Bonchev–Trinajstić information content (AvgIpc) is 3.46. The number of esters is 1. The van der Waals surface area contributed by atoms with Gasteiger partial charge in [-0.15, -0.1) is 0 Å². The minimum atomic E-state index is -0.507. The Labute approximate surface area is 248 Å². The number of amides is 1. The lowest BCUT2D eigenvalue weighted by Crippen LogP contribution is -2.62. The van der Waals surface area contributed by atoms with Crippen LogP contribution < -0.4 is 4.90 Å². The summed E-state index contributed by atoms with van der Waals surface area (Å²) in [6, 6.07) is 12.5. The van der Waals surface area contributed by atoms with Gasteiger partial charge in [-0.25, -0.2) is 4.79 Å². The second kappa shape index (κ2) is 12.3. The van der Waals surface area contributed by atoms with Gasteiger partial charge in [0.05, 0.1) is 6.54 Å². The van der Waals surface area contributed by atoms with E-state index in [2.05, 4.69) is 40.1 Å². The van der Waals surface area contributed by atoms with E-state index < -0.39 is 11.6 Å². The molecular formula is C35H53N3O3. The molecule has 0 unspecified atom stereocenters. The third-order valence-corrected chi connectivity index (χ3v) is 11.4. The van der Waals surface area contributed by atoms with E-state index >= 15 is 0 Å². The summed E-state index contributed by atoms with van der Waals surface area (Å²) in [5.74, 6) is 1.73. The highest BCUT2D eigenvalue weighted by atomic mass is 16.6. The largest absolute Gasteiger partial charge is 0.458 e. The maximum atomic E-state index is 14.0. The summed E-state index contributed by atoms with van der Waals surface area (Å²) in [4.78, 5) is 34.3. The first-order valence-corrected chi connectivity index (χ1v) is 16.9. The SMILES string of the molecule is CCC(C)(C)OC(=O)[C@@H]1CCCN1C(=O)CN(c1ccccc1)[C@H]1C[C@H]2CCC[C@@H](C1)N2[C@H]1C[C@@H]2CCC[C@@H](C2)C1. The lowest BCUT2D eigenvalue weighted by Gasteiger charge is -2.56. The lowest BCUT2D eigenvalue weighted by molar-refractivity contribution is -0.164. The average molecular weight is 564 g/mol. The van der Waals surface area contributed by atoms with Crippen molar-refractivity contribution in [2.45, 2.75) is 146 Å². The summed E-state index contributed by atoms with van der Waals surface area (Å²) in [5, 5.41) is 0. The van der Waals surface area contributed by atoms with Gasteiger partial charge in [0.1, 0.15) is 11.6 Å². The zero-order valence-corrected chi connectivity index (χ0v) is 25.8. The molecule has 3 aliphatic heterocycles. The van der Waals surface area contributed by atoms with Crippen molar-refractivity contribution < 1.29 is 14.3 Å². The van der Waals surface area contributed by atoms with Crippen LogP contribution in [0, 0.1) is 11.8 Å². The highest BCUT2D eigenvalue weighted by Crippen LogP contribution is 2.46. The van der Waals surface area contributed by atoms with Crippen LogP contribution in [0.25, 0.3) is 0 Å². The molecule has 0 N–H and O–H groups in total. The molecule has 3 heterocycles. The molecule has 0 spiro atoms. The number of fused-ring (bicyclic) bond motifs is 4. The summed E-state index contributed by atoms with van der Waals surface area (Å²) in [6.45, 7) is 6.91. The Bertz CT molecular complexity index is 1030. The molecule has 6 heteroatoms. The van der Waals surface area contributed by atoms with Crippen molar-refractivity contribution in [2.24, 2.45) is 11.8 Å². The predicted octanol–water partition coefficient (Wildman–Crippen LogP) is 6.57. The molecule has 1 aromatic carbocycles. The second-order valence-electron chi connectivity index (χ2n) is 14.6. The smallest absolute Gasteiger partial charge is 0.329 e. The van der Waals surface area contributed by atoms with Gasteiger partial charge in [-0.3, -0.25) is 9.69 Å². The zero-order chi connectivity index (χ0) is 28.6. The van der Waals surface area contributed by atoms with E-state index in [1.54, 1.807) is 0 Å². The van der Waals surface area contributed by atoms with Crippen LogP contribution in [0.15, 0.2) is 30.3 Å². The number of rotatable bonds is 8. The van der Waals surface area contributed by atoms with Crippen LogP contribution >= 0.6 is 0 Å². The zero-order valence-electron chi connectivity index (χ0n) is 25.8. The van der Waals surface area contributed by atoms with Crippen molar-refractivity contribution in [1.82, 2.24) is 9.80 Å². The molecule has 5 aliphatic rings. The Hall–Kier alpha value is -2.08. The number of ether oxygens (including phenoxy) is 1. The van der Waals surface area contributed by atoms with Gasteiger partial charge >= 0.3 is 5.97 Å². The Balaban J connectivity index is 1.18. The van der Waals surface area contributed by atoms with Gasteiger partial charge in [-0.05, 0) is 102 Å². The van der Waals surface area contributed by atoms with Crippen molar-refractivity contribution in [1.29, 1.82) is 0 Å². The Morgan fingerprint density at radius 3 is 2.17 bits per heavy atom. The Morgan fingerprint density at radius 1 is 0.854 bits per heavy atom. The maximum absolute atomic E-state index is 14.0. The monoisotopic (exact) mass is 563 g/mol. The number of carbonyl (C=O) groups is 2.